The zero-order chi connectivity index (χ0) is 26.5. The van der Waals surface area contributed by atoms with E-state index in [0.717, 1.165) is 50.8 Å². The van der Waals surface area contributed by atoms with Crippen molar-refractivity contribution in [2.24, 2.45) is 11.8 Å². The number of nitrogens with one attached hydrogen (secondary N) is 2. The van der Waals surface area contributed by atoms with Crippen LogP contribution in [0.1, 0.15) is 61.3 Å². The molecule has 0 saturated carbocycles. The molecule has 0 amide bonds. The molecule has 0 aromatic heterocycles. The third-order valence-electron chi connectivity index (χ3n) is 7.42. The van der Waals surface area contributed by atoms with Crippen LogP contribution in [0.2, 0.25) is 0 Å². The van der Waals surface area contributed by atoms with E-state index >= 15 is 0 Å². The largest absolute Gasteiger partial charge is 0.497 e. The zero-order valence-electron chi connectivity index (χ0n) is 23.1. The fourth-order valence-corrected chi connectivity index (χ4v) is 4.81. The lowest BCUT2D eigenvalue weighted by molar-refractivity contribution is -0.899. The first kappa shape index (κ1) is 29.5. The summed E-state index contributed by atoms with van der Waals surface area (Å²) in [6, 6.07) is 14.8. The quantitative estimate of drug-likeness (QED) is 0.329. The minimum absolute atomic E-state index is 0.133. The Morgan fingerprint density at radius 3 is 1.17 bits per heavy atom. The highest BCUT2D eigenvalue weighted by Crippen LogP contribution is 2.22. The monoisotopic (exact) mass is 498 g/mol. The third-order valence-corrected chi connectivity index (χ3v) is 7.42. The van der Waals surface area contributed by atoms with Crippen LogP contribution in [0, 0.1) is 11.8 Å². The summed E-state index contributed by atoms with van der Waals surface area (Å²) in [5, 5.41) is 0. The summed E-state index contributed by atoms with van der Waals surface area (Å²) in [5.74, 6) is 1.53. The number of hydrogen-bond acceptors (Lipinski definition) is 4. The van der Waals surface area contributed by atoms with Crippen molar-refractivity contribution in [2.45, 2.75) is 40.5 Å². The van der Waals surface area contributed by atoms with Crippen molar-refractivity contribution in [2.75, 3.05) is 53.5 Å². The number of ketones is 2. The Balaban J connectivity index is 2.27. The molecule has 6 nitrogen and oxygen atoms in total. The van der Waals surface area contributed by atoms with Gasteiger partial charge in [0.25, 0.3) is 0 Å². The van der Waals surface area contributed by atoms with Gasteiger partial charge in [-0.15, -0.1) is 0 Å². The molecule has 2 rings (SSSR count). The minimum atomic E-state index is -0.133. The van der Waals surface area contributed by atoms with Crippen LogP contribution in [0.4, 0.5) is 0 Å². The van der Waals surface area contributed by atoms with Crippen LogP contribution >= 0.6 is 0 Å². The molecule has 2 atom stereocenters. The van der Waals surface area contributed by atoms with Gasteiger partial charge in [-0.25, -0.2) is 0 Å². The van der Waals surface area contributed by atoms with Crippen LogP contribution < -0.4 is 19.3 Å². The molecule has 0 saturated heterocycles. The highest BCUT2D eigenvalue weighted by atomic mass is 16.5. The molecule has 0 aliphatic rings. The Morgan fingerprint density at radius 1 is 0.611 bits per heavy atom. The van der Waals surface area contributed by atoms with E-state index in [4.69, 9.17) is 9.47 Å². The van der Waals surface area contributed by atoms with Crippen molar-refractivity contribution < 1.29 is 28.9 Å². The smallest absolute Gasteiger partial charge is 0.171 e. The molecule has 0 spiro atoms. The number of carbonyl (C=O) groups is 2. The van der Waals surface area contributed by atoms with Gasteiger partial charge in [0.05, 0.1) is 65.3 Å². The van der Waals surface area contributed by atoms with Gasteiger partial charge in [-0.05, 0) is 89.1 Å². The molecule has 198 valence electrons. The van der Waals surface area contributed by atoms with Crippen LogP contribution in [-0.2, 0) is 0 Å². The Morgan fingerprint density at radius 2 is 0.917 bits per heavy atom. The second kappa shape index (κ2) is 15.4. The molecule has 6 heteroatoms. The number of rotatable bonds is 17. The fourth-order valence-electron chi connectivity index (χ4n) is 4.81. The zero-order valence-corrected chi connectivity index (χ0v) is 23.1. The van der Waals surface area contributed by atoms with Gasteiger partial charge in [0, 0.05) is 11.1 Å². The highest BCUT2D eigenvalue weighted by molar-refractivity contribution is 5.99. The second-order valence-corrected chi connectivity index (χ2v) is 9.48. The Kier molecular flexibility index (Phi) is 12.6. The third kappa shape index (κ3) is 8.45. The summed E-state index contributed by atoms with van der Waals surface area (Å²) < 4.78 is 10.5. The van der Waals surface area contributed by atoms with E-state index in [1.807, 2.05) is 48.5 Å². The summed E-state index contributed by atoms with van der Waals surface area (Å²) in [6.07, 6.45) is 1.39. The predicted molar refractivity (Wildman–Crippen MR) is 145 cm³/mol. The van der Waals surface area contributed by atoms with Gasteiger partial charge in [0.15, 0.2) is 11.6 Å². The maximum absolute atomic E-state index is 13.6. The molecular weight excluding hydrogens is 452 g/mol. The highest BCUT2D eigenvalue weighted by Gasteiger charge is 2.30. The molecule has 2 aromatic carbocycles. The number of benzene rings is 2. The molecule has 0 unspecified atom stereocenters. The van der Waals surface area contributed by atoms with E-state index in [9.17, 15) is 9.59 Å². The first-order chi connectivity index (χ1) is 17.4. The molecule has 0 fully saturated rings. The van der Waals surface area contributed by atoms with Gasteiger partial charge in [0.2, 0.25) is 0 Å². The maximum Gasteiger partial charge on any atom is 0.171 e. The van der Waals surface area contributed by atoms with E-state index in [2.05, 4.69) is 27.7 Å². The van der Waals surface area contributed by atoms with Gasteiger partial charge >= 0.3 is 0 Å². The lowest BCUT2D eigenvalue weighted by Crippen LogP contribution is -3.12. The van der Waals surface area contributed by atoms with Gasteiger partial charge < -0.3 is 19.3 Å². The SMILES string of the molecule is CC[NH+](CC)C[C@@H](CC[C@@H](C[NH+](CC)CC)C(=O)c1ccc(OC)cc1)C(=O)c1ccc(OC)cc1. The first-order valence-electron chi connectivity index (χ1n) is 13.4. The molecule has 0 aliphatic heterocycles. The van der Waals surface area contributed by atoms with Crippen LogP contribution in [0.3, 0.4) is 0 Å². The van der Waals surface area contributed by atoms with Crippen molar-refractivity contribution in [3.8, 4) is 11.5 Å². The molecule has 36 heavy (non-hydrogen) atoms. The first-order valence-corrected chi connectivity index (χ1v) is 13.4. The van der Waals surface area contributed by atoms with E-state index in [1.54, 1.807) is 14.2 Å². The van der Waals surface area contributed by atoms with Crippen molar-refractivity contribution in [1.82, 2.24) is 0 Å². The van der Waals surface area contributed by atoms with E-state index in [0.29, 0.717) is 24.0 Å². The Hall–Kier alpha value is -2.70. The number of ether oxygens (including phenoxy) is 2. The lowest BCUT2D eigenvalue weighted by atomic mass is 9.86. The second-order valence-electron chi connectivity index (χ2n) is 9.48. The molecule has 2 N–H and O–H groups in total. The van der Waals surface area contributed by atoms with Crippen molar-refractivity contribution in [3.63, 3.8) is 0 Å². The van der Waals surface area contributed by atoms with Crippen LogP contribution in [-0.4, -0.2) is 65.1 Å². The summed E-state index contributed by atoms with van der Waals surface area (Å²) in [4.78, 5) is 30.0. The average Bonchev–Trinajstić information content (AvgIpc) is 2.94. The van der Waals surface area contributed by atoms with E-state index in [-0.39, 0.29) is 23.4 Å². The number of carbonyl (C=O) groups excluding carboxylic acids is 2. The Labute approximate surface area is 217 Å². The van der Waals surface area contributed by atoms with Crippen molar-refractivity contribution in [1.29, 1.82) is 0 Å². The van der Waals surface area contributed by atoms with E-state index in [1.165, 1.54) is 9.80 Å². The average molecular weight is 499 g/mol. The van der Waals surface area contributed by atoms with Gasteiger partial charge in [-0.2, -0.15) is 0 Å². The van der Waals surface area contributed by atoms with Crippen molar-refractivity contribution >= 4 is 11.6 Å². The Bertz CT molecular complexity index is 841. The molecule has 0 bridgehead atoms. The normalized spacial score (nSPS) is 13.0. The molecule has 0 heterocycles. The number of hydrogen-bond donors (Lipinski definition) is 2. The number of Topliss-reactive ketones (excluding diaryl/α,β-unsaturated/α-hetero) is 2. The van der Waals surface area contributed by atoms with Crippen LogP contribution in [0.25, 0.3) is 0 Å². The lowest BCUT2D eigenvalue weighted by Gasteiger charge is -2.26. The van der Waals surface area contributed by atoms with Crippen LogP contribution in [0.5, 0.6) is 11.5 Å². The topological polar surface area (TPSA) is 61.5 Å². The molecule has 0 radical (unpaired) electrons. The minimum Gasteiger partial charge on any atom is -0.497 e. The number of quaternary nitrogens is 2. The van der Waals surface area contributed by atoms with Gasteiger partial charge in [-0.3, -0.25) is 9.59 Å². The molecule has 2 aromatic rings. The fraction of sp³-hybridized carbons (Fsp3) is 0.533. The summed E-state index contributed by atoms with van der Waals surface area (Å²) in [7, 11) is 3.25. The molecular formula is C30H46N2O4+2. The summed E-state index contributed by atoms with van der Waals surface area (Å²) in [6.45, 7) is 14.1. The summed E-state index contributed by atoms with van der Waals surface area (Å²) in [5.41, 5.74) is 1.42. The van der Waals surface area contributed by atoms with Crippen LogP contribution in [0.15, 0.2) is 48.5 Å². The van der Waals surface area contributed by atoms with Crippen molar-refractivity contribution in [3.05, 3.63) is 59.7 Å². The van der Waals surface area contributed by atoms with Gasteiger partial charge in [-0.1, -0.05) is 0 Å². The van der Waals surface area contributed by atoms with Gasteiger partial charge in [0.1, 0.15) is 11.5 Å². The standard InChI is InChI=1S/C30H44N2O4/c1-7-31(8-2)21-25(29(33)23-13-17-27(35-5)18-14-23)11-12-26(22-32(9-3)10-4)30(34)24-15-19-28(36-6)20-16-24/h13-20,25-26H,7-12,21-22H2,1-6H3/p+2/t25-,26+. The maximum atomic E-state index is 13.6. The summed E-state index contributed by atoms with van der Waals surface area (Å²) >= 11 is 0. The molecule has 0 aliphatic carbocycles. The predicted octanol–water partition coefficient (Wildman–Crippen LogP) is 2.63. The number of methoxy groups -OCH3 is 2. The van der Waals surface area contributed by atoms with E-state index < -0.39 is 0 Å².